The standard InChI is InChI=1S/C41H40O5/c1-6-40(2,3)41(4,5)46-36-26-20-33(21-27-36)39(44)32-18-24-35(25-19-32)45-34-22-16-31(17-23-34)38(43)30-14-12-29(13-15-30)37(42)28-10-8-7-9-11-28/h8,10-27H,6-7,9H2,1-5H3. The van der Waals surface area contributed by atoms with Crippen molar-refractivity contribution in [1.29, 1.82) is 0 Å². The van der Waals surface area contributed by atoms with Crippen molar-refractivity contribution in [1.82, 2.24) is 0 Å². The molecule has 0 aromatic heterocycles. The van der Waals surface area contributed by atoms with Crippen molar-refractivity contribution >= 4 is 17.3 Å². The van der Waals surface area contributed by atoms with Crippen LogP contribution >= 0.6 is 0 Å². The third kappa shape index (κ3) is 7.26. The summed E-state index contributed by atoms with van der Waals surface area (Å²) >= 11 is 0. The Labute approximate surface area is 271 Å². The summed E-state index contributed by atoms with van der Waals surface area (Å²) in [6, 6.07) is 27.9. The molecule has 0 bridgehead atoms. The molecule has 5 rings (SSSR count). The van der Waals surface area contributed by atoms with E-state index in [-0.39, 0.29) is 28.4 Å². The fourth-order valence-corrected chi connectivity index (χ4v) is 5.07. The van der Waals surface area contributed by atoms with Crippen LogP contribution in [-0.2, 0) is 0 Å². The molecule has 0 unspecified atom stereocenters. The summed E-state index contributed by atoms with van der Waals surface area (Å²) in [5.74, 6) is 1.60. The van der Waals surface area contributed by atoms with Crippen molar-refractivity contribution in [2.45, 2.75) is 59.5 Å². The number of Topliss-reactive ketones (excluding diaryl/α,β-unsaturated/α-hetero) is 1. The first-order valence-electron chi connectivity index (χ1n) is 15.8. The van der Waals surface area contributed by atoms with Gasteiger partial charge in [-0.15, -0.1) is 0 Å². The first-order chi connectivity index (χ1) is 22.0. The Kier molecular flexibility index (Phi) is 9.52. The van der Waals surface area contributed by atoms with E-state index in [0.717, 1.165) is 25.0 Å². The summed E-state index contributed by atoms with van der Waals surface area (Å²) in [5, 5.41) is 0. The SMILES string of the molecule is CCC(C)(C)C(C)(C)Oc1ccc(C(=O)c2ccc(Oc3ccc(C(=O)c4ccc(C(=O)C5=CCCC=C5)cc4)cc3)cc2)cc1. The number of allylic oxidation sites excluding steroid dienone is 4. The quantitative estimate of drug-likeness (QED) is 0.149. The molecule has 0 atom stereocenters. The lowest BCUT2D eigenvalue weighted by Crippen LogP contribution is -2.43. The molecule has 5 nitrogen and oxygen atoms in total. The fourth-order valence-electron chi connectivity index (χ4n) is 5.07. The normalized spacial score (nSPS) is 13.1. The van der Waals surface area contributed by atoms with Crippen LogP contribution in [0.1, 0.15) is 96.1 Å². The van der Waals surface area contributed by atoms with Gasteiger partial charge in [-0.2, -0.15) is 0 Å². The average molecular weight is 613 g/mol. The Balaban J connectivity index is 1.18. The summed E-state index contributed by atoms with van der Waals surface area (Å²) in [4.78, 5) is 38.9. The van der Waals surface area contributed by atoms with Gasteiger partial charge in [0, 0.05) is 38.8 Å². The third-order valence-electron chi connectivity index (χ3n) is 9.14. The van der Waals surface area contributed by atoms with Crippen LogP contribution in [0.4, 0.5) is 0 Å². The Hall–Kier alpha value is -5.03. The molecule has 234 valence electrons. The molecular weight excluding hydrogens is 572 g/mol. The Morgan fingerprint density at radius 1 is 0.565 bits per heavy atom. The van der Waals surface area contributed by atoms with Crippen molar-refractivity contribution in [3.63, 3.8) is 0 Å². The minimum Gasteiger partial charge on any atom is -0.487 e. The second kappa shape index (κ2) is 13.5. The molecule has 0 N–H and O–H groups in total. The van der Waals surface area contributed by atoms with Crippen LogP contribution in [0.25, 0.3) is 0 Å². The van der Waals surface area contributed by atoms with E-state index in [0.29, 0.717) is 44.9 Å². The molecular formula is C41H40O5. The second-order valence-corrected chi connectivity index (χ2v) is 12.7. The Morgan fingerprint density at radius 2 is 0.957 bits per heavy atom. The average Bonchev–Trinajstić information content (AvgIpc) is 3.08. The molecule has 0 saturated heterocycles. The van der Waals surface area contributed by atoms with Gasteiger partial charge in [0.2, 0.25) is 0 Å². The zero-order chi connectivity index (χ0) is 32.9. The highest BCUT2D eigenvalue weighted by molar-refractivity contribution is 6.12. The van der Waals surface area contributed by atoms with Crippen LogP contribution in [0.5, 0.6) is 17.2 Å². The maximum Gasteiger partial charge on any atom is 0.193 e. The summed E-state index contributed by atoms with van der Waals surface area (Å²) in [6.45, 7) is 10.7. The van der Waals surface area contributed by atoms with Crippen LogP contribution in [0.15, 0.2) is 121 Å². The van der Waals surface area contributed by atoms with Gasteiger partial charge in [0.05, 0.1) is 0 Å². The van der Waals surface area contributed by atoms with Gasteiger partial charge in [0.1, 0.15) is 22.8 Å². The number of hydrogen-bond acceptors (Lipinski definition) is 5. The van der Waals surface area contributed by atoms with E-state index in [2.05, 4.69) is 34.6 Å². The van der Waals surface area contributed by atoms with Crippen LogP contribution in [0.2, 0.25) is 0 Å². The molecule has 0 fully saturated rings. The van der Waals surface area contributed by atoms with E-state index in [4.69, 9.17) is 9.47 Å². The number of carbonyl (C=O) groups excluding carboxylic acids is 3. The molecule has 0 spiro atoms. The topological polar surface area (TPSA) is 69.7 Å². The first-order valence-corrected chi connectivity index (χ1v) is 15.8. The van der Waals surface area contributed by atoms with Crippen molar-refractivity contribution in [2.75, 3.05) is 0 Å². The fraction of sp³-hybridized carbons (Fsp3) is 0.244. The predicted octanol–water partition coefficient (Wildman–Crippen LogP) is 9.99. The van der Waals surface area contributed by atoms with Crippen LogP contribution < -0.4 is 9.47 Å². The molecule has 5 heteroatoms. The zero-order valence-corrected chi connectivity index (χ0v) is 27.1. The van der Waals surface area contributed by atoms with Crippen LogP contribution in [0, 0.1) is 5.41 Å². The Morgan fingerprint density at radius 3 is 1.35 bits per heavy atom. The monoisotopic (exact) mass is 612 g/mol. The van der Waals surface area contributed by atoms with Gasteiger partial charge in [0.15, 0.2) is 17.3 Å². The van der Waals surface area contributed by atoms with Crippen molar-refractivity contribution in [2.24, 2.45) is 5.41 Å². The lowest BCUT2D eigenvalue weighted by Gasteiger charge is -2.41. The van der Waals surface area contributed by atoms with Crippen molar-refractivity contribution in [3.05, 3.63) is 149 Å². The smallest absolute Gasteiger partial charge is 0.193 e. The number of rotatable bonds is 12. The van der Waals surface area contributed by atoms with E-state index < -0.39 is 0 Å². The van der Waals surface area contributed by atoms with E-state index in [1.807, 2.05) is 30.4 Å². The predicted molar refractivity (Wildman–Crippen MR) is 182 cm³/mol. The van der Waals surface area contributed by atoms with Crippen molar-refractivity contribution in [3.8, 4) is 17.2 Å². The zero-order valence-electron chi connectivity index (χ0n) is 27.1. The van der Waals surface area contributed by atoms with Crippen molar-refractivity contribution < 1.29 is 23.9 Å². The molecule has 0 radical (unpaired) electrons. The van der Waals surface area contributed by atoms with Gasteiger partial charge in [-0.05, 0) is 106 Å². The molecule has 46 heavy (non-hydrogen) atoms. The first kappa shape index (κ1) is 32.4. The summed E-state index contributed by atoms with van der Waals surface area (Å²) < 4.78 is 12.3. The highest BCUT2D eigenvalue weighted by Gasteiger charge is 2.37. The van der Waals surface area contributed by atoms with Gasteiger partial charge in [-0.1, -0.05) is 63.3 Å². The largest absolute Gasteiger partial charge is 0.487 e. The Bertz CT molecular complexity index is 1770. The van der Waals surface area contributed by atoms with E-state index in [9.17, 15) is 14.4 Å². The van der Waals surface area contributed by atoms with Gasteiger partial charge < -0.3 is 9.47 Å². The highest BCUT2D eigenvalue weighted by atomic mass is 16.5. The minimum atomic E-state index is -0.363. The minimum absolute atomic E-state index is 0.00815. The summed E-state index contributed by atoms with van der Waals surface area (Å²) in [7, 11) is 0. The molecule has 0 heterocycles. The van der Waals surface area contributed by atoms with Crippen LogP contribution in [-0.4, -0.2) is 23.0 Å². The third-order valence-corrected chi connectivity index (χ3v) is 9.14. The molecule has 4 aromatic carbocycles. The van der Waals surface area contributed by atoms with E-state index in [1.165, 1.54) is 0 Å². The number of carbonyl (C=O) groups is 3. The number of ketones is 3. The van der Waals surface area contributed by atoms with Gasteiger partial charge in [-0.25, -0.2) is 0 Å². The molecule has 1 aliphatic rings. The number of hydrogen-bond donors (Lipinski definition) is 0. The molecule has 4 aromatic rings. The lowest BCUT2D eigenvalue weighted by molar-refractivity contribution is -0.0130. The maximum atomic E-state index is 13.1. The molecule has 0 saturated carbocycles. The number of benzene rings is 4. The summed E-state index contributed by atoms with van der Waals surface area (Å²) in [5.41, 5.74) is 3.02. The maximum absolute atomic E-state index is 13.1. The van der Waals surface area contributed by atoms with Gasteiger partial charge >= 0.3 is 0 Å². The van der Waals surface area contributed by atoms with E-state index >= 15 is 0 Å². The molecule has 1 aliphatic carbocycles. The van der Waals surface area contributed by atoms with Gasteiger partial charge in [0.25, 0.3) is 0 Å². The second-order valence-electron chi connectivity index (χ2n) is 12.7. The molecule has 0 aliphatic heterocycles. The van der Waals surface area contributed by atoms with Gasteiger partial charge in [-0.3, -0.25) is 14.4 Å². The number of ether oxygens (including phenoxy) is 2. The van der Waals surface area contributed by atoms with E-state index in [1.54, 1.807) is 84.9 Å². The van der Waals surface area contributed by atoms with Crippen LogP contribution in [0.3, 0.4) is 0 Å². The molecule has 0 amide bonds. The highest BCUT2D eigenvalue weighted by Crippen LogP contribution is 2.37. The lowest BCUT2D eigenvalue weighted by atomic mass is 9.75. The summed E-state index contributed by atoms with van der Waals surface area (Å²) in [6.07, 6.45) is 8.60.